The molecule has 14 heavy (non-hydrogen) atoms. The van der Waals surface area contributed by atoms with Gasteiger partial charge >= 0.3 is 5.97 Å². The van der Waals surface area contributed by atoms with E-state index in [1.807, 2.05) is 19.1 Å². The molecule has 0 heterocycles. The molecule has 0 aromatic heterocycles. The maximum atomic E-state index is 11.4. The number of nitrogen functional groups attached to an aromatic ring is 1. The summed E-state index contributed by atoms with van der Waals surface area (Å²) < 4.78 is 4.67. The van der Waals surface area contributed by atoms with Crippen molar-refractivity contribution < 1.29 is 9.53 Å². The predicted molar refractivity (Wildman–Crippen MR) is 55.0 cm³/mol. The van der Waals surface area contributed by atoms with Crippen molar-refractivity contribution in [3.05, 3.63) is 29.3 Å². The highest BCUT2D eigenvalue weighted by atomic mass is 16.5. The second kappa shape index (κ2) is 4.62. The Hall–Kier alpha value is -1.55. The zero-order valence-electron chi connectivity index (χ0n) is 8.33. The lowest BCUT2D eigenvalue weighted by atomic mass is 10.0. The Bertz CT molecular complexity index is 337. The number of hydrogen-bond acceptors (Lipinski definition) is 4. The van der Waals surface area contributed by atoms with Crippen LogP contribution in [0.25, 0.3) is 0 Å². The van der Waals surface area contributed by atoms with Gasteiger partial charge in [-0.2, -0.15) is 0 Å². The molecule has 3 N–H and O–H groups in total. The van der Waals surface area contributed by atoms with Crippen LogP contribution < -0.4 is 11.3 Å². The fourth-order valence-electron chi connectivity index (χ4n) is 1.27. The van der Waals surface area contributed by atoms with E-state index in [-0.39, 0.29) is 5.97 Å². The van der Waals surface area contributed by atoms with E-state index in [0.29, 0.717) is 11.3 Å². The first-order valence-electron chi connectivity index (χ1n) is 4.40. The van der Waals surface area contributed by atoms with Gasteiger partial charge in [-0.05, 0) is 24.1 Å². The van der Waals surface area contributed by atoms with Gasteiger partial charge in [-0.15, -0.1) is 0 Å². The van der Waals surface area contributed by atoms with Gasteiger partial charge in [-0.3, -0.25) is 5.84 Å². The minimum Gasteiger partial charge on any atom is -0.465 e. The van der Waals surface area contributed by atoms with Gasteiger partial charge in [-0.1, -0.05) is 13.0 Å². The van der Waals surface area contributed by atoms with E-state index in [2.05, 4.69) is 10.2 Å². The number of rotatable bonds is 3. The predicted octanol–water partition coefficient (Wildman–Crippen LogP) is 1.32. The number of benzene rings is 1. The summed E-state index contributed by atoms with van der Waals surface area (Å²) in [5.74, 6) is 4.92. The molecular formula is C10H14N2O2. The molecule has 1 rings (SSSR count). The zero-order valence-corrected chi connectivity index (χ0v) is 8.33. The lowest BCUT2D eigenvalue weighted by molar-refractivity contribution is 0.0599. The van der Waals surface area contributed by atoms with Crippen molar-refractivity contribution in [2.24, 2.45) is 5.84 Å². The molecule has 76 valence electrons. The Morgan fingerprint density at radius 3 is 2.79 bits per heavy atom. The van der Waals surface area contributed by atoms with Gasteiger partial charge in [0.05, 0.1) is 12.7 Å². The molecule has 1 aromatic rings. The first kappa shape index (κ1) is 10.5. The van der Waals surface area contributed by atoms with Crippen LogP contribution in [0.5, 0.6) is 0 Å². The number of hydrogen-bond donors (Lipinski definition) is 2. The van der Waals surface area contributed by atoms with Crippen LogP contribution in [0.1, 0.15) is 22.8 Å². The van der Waals surface area contributed by atoms with E-state index < -0.39 is 0 Å². The van der Waals surface area contributed by atoms with Crippen molar-refractivity contribution in [3.8, 4) is 0 Å². The summed E-state index contributed by atoms with van der Waals surface area (Å²) in [6.07, 6.45) is 0.787. The molecule has 0 bridgehead atoms. The number of nitrogens with two attached hydrogens (primary N) is 1. The summed E-state index contributed by atoms with van der Waals surface area (Å²) in [7, 11) is 1.37. The van der Waals surface area contributed by atoms with Crippen LogP contribution >= 0.6 is 0 Å². The highest BCUT2D eigenvalue weighted by Crippen LogP contribution is 2.16. The highest BCUT2D eigenvalue weighted by molar-refractivity contribution is 5.92. The van der Waals surface area contributed by atoms with Crippen molar-refractivity contribution in [2.45, 2.75) is 13.3 Å². The van der Waals surface area contributed by atoms with Crippen molar-refractivity contribution in [3.63, 3.8) is 0 Å². The van der Waals surface area contributed by atoms with Crippen LogP contribution in [-0.2, 0) is 11.2 Å². The first-order chi connectivity index (χ1) is 6.72. The number of hydrazine groups is 1. The molecule has 1 aromatic carbocycles. The van der Waals surface area contributed by atoms with Crippen LogP contribution in [-0.4, -0.2) is 13.1 Å². The molecule has 0 saturated heterocycles. The lowest BCUT2D eigenvalue weighted by Crippen LogP contribution is -2.10. The minimum atomic E-state index is -0.334. The van der Waals surface area contributed by atoms with Crippen LogP contribution in [0.4, 0.5) is 5.69 Å². The minimum absolute atomic E-state index is 0.334. The number of nitrogens with one attached hydrogen (secondary N) is 1. The molecule has 0 radical (unpaired) electrons. The molecule has 4 nitrogen and oxygen atoms in total. The van der Waals surface area contributed by atoms with Gasteiger partial charge in [0.25, 0.3) is 0 Å². The normalized spacial score (nSPS) is 9.64. The molecule has 0 atom stereocenters. The number of ether oxygens (including phenoxy) is 1. The fourth-order valence-corrected chi connectivity index (χ4v) is 1.27. The number of esters is 1. The smallest absolute Gasteiger partial charge is 0.338 e. The number of carbonyl (C=O) groups excluding carboxylic acids is 1. The summed E-state index contributed by atoms with van der Waals surface area (Å²) in [4.78, 5) is 11.4. The quantitative estimate of drug-likeness (QED) is 0.432. The van der Waals surface area contributed by atoms with E-state index in [1.165, 1.54) is 7.11 Å². The Morgan fingerprint density at radius 1 is 1.57 bits per heavy atom. The van der Waals surface area contributed by atoms with Gasteiger partial charge in [0.15, 0.2) is 0 Å². The van der Waals surface area contributed by atoms with Gasteiger partial charge in [0.2, 0.25) is 0 Å². The van der Waals surface area contributed by atoms with E-state index >= 15 is 0 Å². The maximum absolute atomic E-state index is 11.4. The first-order valence-corrected chi connectivity index (χ1v) is 4.40. The van der Waals surface area contributed by atoms with Crippen molar-refractivity contribution >= 4 is 11.7 Å². The largest absolute Gasteiger partial charge is 0.465 e. The number of carbonyl (C=O) groups is 1. The van der Waals surface area contributed by atoms with Crippen molar-refractivity contribution in [1.82, 2.24) is 0 Å². The third-order valence-electron chi connectivity index (χ3n) is 2.06. The number of methoxy groups -OCH3 is 1. The third kappa shape index (κ3) is 2.03. The highest BCUT2D eigenvalue weighted by Gasteiger charge is 2.10. The van der Waals surface area contributed by atoms with Crippen molar-refractivity contribution in [2.75, 3.05) is 12.5 Å². The number of aryl methyl sites for hydroxylation is 1. The van der Waals surface area contributed by atoms with E-state index in [9.17, 15) is 4.79 Å². The molecule has 0 spiro atoms. The Balaban J connectivity index is 3.14. The second-order valence-electron chi connectivity index (χ2n) is 2.86. The SMILES string of the molecule is CCc1ccc(NN)cc1C(=O)OC. The average molecular weight is 194 g/mol. The molecule has 0 aliphatic heterocycles. The standard InChI is InChI=1S/C10H14N2O2/c1-3-7-4-5-8(12-11)6-9(7)10(13)14-2/h4-6,12H,3,11H2,1-2H3. The summed E-state index contributed by atoms with van der Waals surface area (Å²) in [6.45, 7) is 1.98. The maximum Gasteiger partial charge on any atom is 0.338 e. The average Bonchev–Trinajstić information content (AvgIpc) is 2.27. The topological polar surface area (TPSA) is 64.3 Å². The molecule has 0 aliphatic rings. The molecular weight excluding hydrogens is 180 g/mol. The molecule has 4 heteroatoms. The molecule has 0 saturated carbocycles. The number of anilines is 1. The van der Waals surface area contributed by atoms with Gasteiger partial charge in [0, 0.05) is 5.69 Å². The summed E-state index contributed by atoms with van der Waals surface area (Å²) in [5, 5.41) is 0. The Labute approximate surface area is 83.0 Å². The monoisotopic (exact) mass is 194 g/mol. The zero-order chi connectivity index (χ0) is 10.6. The summed E-state index contributed by atoms with van der Waals surface area (Å²) in [6, 6.07) is 5.37. The van der Waals surface area contributed by atoms with Crippen molar-refractivity contribution in [1.29, 1.82) is 0 Å². The van der Waals surface area contributed by atoms with Gasteiger partial charge in [-0.25, -0.2) is 4.79 Å². The van der Waals surface area contributed by atoms with E-state index in [1.54, 1.807) is 6.07 Å². The lowest BCUT2D eigenvalue weighted by Gasteiger charge is -2.08. The summed E-state index contributed by atoms with van der Waals surface area (Å²) >= 11 is 0. The molecule has 0 aliphatic carbocycles. The van der Waals surface area contributed by atoms with Crippen LogP contribution in [0, 0.1) is 0 Å². The molecule has 0 fully saturated rings. The molecule has 0 amide bonds. The second-order valence-corrected chi connectivity index (χ2v) is 2.86. The Kier molecular flexibility index (Phi) is 3.48. The summed E-state index contributed by atoms with van der Waals surface area (Å²) in [5.41, 5.74) is 4.70. The fraction of sp³-hybridized carbons (Fsp3) is 0.300. The van der Waals surface area contributed by atoms with Gasteiger partial charge in [0.1, 0.15) is 0 Å². The van der Waals surface area contributed by atoms with Crippen LogP contribution in [0.2, 0.25) is 0 Å². The third-order valence-corrected chi connectivity index (χ3v) is 2.06. The van der Waals surface area contributed by atoms with E-state index in [4.69, 9.17) is 5.84 Å². The van der Waals surface area contributed by atoms with Crippen LogP contribution in [0.15, 0.2) is 18.2 Å². The van der Waals surface area contributed by atoms with Crippen LogP contribution in [0.3, 0.4) is 0 Å². The van der Waals surface area contributed by atoms with Gasteiger partial charge < -0.3 is 10.2 Å². The Morgan fingerprint density at radius 2 is 2.29 bits per heavy atom. The van der Waals surface area contributed by atoms with E-state index in [0.717, 1.165) is 12.0 Å². The molecule has 0 unspecified atom stereocenters.